The maximum atomic E-state index is 11.8. The smallest absolute Gasteiger partial charge is 0.317 e. The topological polar surface area (TPSA) is 102 Å². The number of piperidine rings is 1. The number of amides is 4. The molecule has 0 unspecified atom stereocenters. The van der Waals surface area contributed by atoms with E-state index in [1.54, 1.807) is 14.1 Å². The van der Waals surface area contributed by atoms with Crippen molar-refractivity contribution in [3.05, 3.63) is 0 Å². The Bertz CT molecular complexity index is 372. The van der Waals surface area contributed by atoms with Crippen molar-refractivity contribution in [3.63, 3.8) is 0 Å². The number of hydrogen-bond donors (Lipinski definition) is 3. The van der Waals surface area contributed by atoms with Crippen LogP contribution in [0.4, 0.5) is 9.59 Å². The highest BCUT2D eigenvalue weighted by molar-refractivity contribution is 5.77. The lowest BCUT2D eigenvalue weighted by molar-refractivity contribution is -0.143. The van der Waals surface area contributed by atoms with Crippen LogP contribution < -0.4 is 10.6 Å². The van der Waals surface area contributed by atoms with Gasteiger partial charge in [-0.05, 0) is 12.8 Å². The van der Waals surface area contributed by atoms with Crippen molar-refractivity contribution in [2.45, 2.75) is 12.8 Å². The first kappa shape index (κ1) is 16.1. The van der Waals surface area contributed by atoms with Gasteiger partial charge in [0.2, 0.25) is 0 Å². The molecule has 1 heterocycles. The third-order valence-electron chi connectivity index (χ3n) is 3.14. The van der Waals surface area contributed by atoms with Crippen molar-refractivity contribution in [1.29, 1.82) is 0 Å². The van der Waals surface area contributed by atoms with Gasteiger partial charge in [-0.3, -0.25) is 4.79 Å². The molecule has 114 valence electrons. The Morgan fingerprint density at radius 3 is 2.50 bits per heavy atom. The summed E-state index contributed by atoms with van der Waals surface area (Å²) < 4.78 is 0. The van der Waals surface area contributed by atoms with Crippen molar-refractivity contribution >= 4 is 18.0 Å². The van der Waals surface area contributed by atoms with E-state index in [0.717, 1.165) is 0 Å². The molecule has 0 aromatic heterocycles. The summed E-state index contributed by atoms with van der Waals surface area (Å²) in [6.45, 7) is 1.45. The Morgan fingerprint density at radius 2 is 1.90 bits per heavy atom. The zero-order valence-corrected chi connectivity index (χ0v) is 11.9. The number of rotatable bonds is 4. The lowest BCUT2D eigenvalue weighted by atomic mass is 9.99. The Labute approximate surface area is 118 Å². The van der Waals surface area contributed by atoms with Gasteiger partial charge in [0.05, 0.1) is 5.92 Å². The maximum Gasteiger partial charge on any atom is 0.317 e. The van der Waals surface area contributed by atoms with Gasteiger partial charge in [-0.15, -0.1) is 0 Å². The van der Waals surface area contributed by atoms with E-state index >= 15 is 0 Å². The van der Waals surface area contributed by atoms with Gasteiger partial charge in [0.15, 0.2) is 0 Å². The summed E-state index contributed by atoms with van der Waals surface area (Å²) in [4.78, 5) is 36.9. The molecule has 1 aliphatic rings. The third kappa shape index (κ3) is 4.94. The van der Waals surface area contributed by atoms with Crippen LogP contribution in [-0.2, 0) is 4.79 Å². The summed E-state index contributed by atoms with van der Waals surface area (Å²) in [5.41, 5.74) is 0. The average molecular weight is 286 g/mol. The minimum Gasteiger partial charge on any atom is -0.481 e. The fourth-order valence-corrected chi connectivity index (χ4v) is 1.97. The summed E-state index contributed by atoms with van der Waals surface area (Å²) in [7, 11) is 3.27. The lowest BCUT2D eigenvalue weighted by Gasteiger charge is -2.30. The first-order valence-electron chi connectivity index (χ1n) is 6.62. The van der Waals surface area contributed by atoms with Gasteiger partial charge in [-0.2, -0.15) is 0 Å². The summed E-state index contributed by atoms with van der Waals surface area (Å²) in [5, 5.41) is 14.2. The highest BCUT2D eigenvalue weighted by atomic mass is 16.4. The molecule has 1 saturated heterocycles. The van der Waals surface area contributed by atoms with Crippen molar-refractivity contribution in [3.8, 4) is 0 Å². The van der Waals surface area contributed by atoms with Crippen molar-refractivity contribution in [2.75, 3.05) is 40.3 Å². The minimum atomic E-state index is -0.860. The molecule has 0 aliphatic carbocycles. The molecule has 1 rings (SSSR count). The first-order valence-corrected chi connectivity index (χ1v) is 6.62. The fraction of sp³-hybridized carbons (Fsp3) is 0.750. The number of aliphatic carboxylic acids is 1. The maximum absolute atomic E-state index is 11.8. The Morgan fingerprint density at radius 1 is 1.25 bits per heavy atom. The monoisotopic (exact) mass is 286 g/mol. The number of carbonyl (C=O) groups excluding carboxylic acids is 2. The summed E-state index contributed by atoms with van der Waals surface area (Å²) in [5.74, 6) is -1.34. The number of urea groups is 2. The minimum absolute atomic E-state index is 0.219. The molecule has 20 heavy (non-hydrogen) atoms. The first-order chi connectivity index (χ1) is 9.41. The second-order valence-electron chi connectivity index (χ2n) is 4.98. The van der Waals surface area contributed by atoms with Crippen molar-refractivity contribution in [1.82, 2.24) is 20.4 Å². The molecule has 8 heteroatoms. The van der Waals surface area contributed by atoms with Crippen LogP contribution in [0, 0.1) is 5.92 Å². The van der Waals surface area contributed by atoms with E-state index in [9.17, 15) is 14.4 Å². The molecule has 8 nitrogen and oxygen atoms in total. The van der Waals surface area contributed by atoms with Gasteiger partial charge in [-0.1, -0.05) is 0 Å². The quantitative estimate of drug-likeness (QED) is 0.621. The molecular weight excluding hydrogens is 264 g/mol. The van der Waals surface area contributed by atoms with E-state index in [1.807, 2.05) is 0 Å². The molecule has 1 aliphatic heterocycles. The molecular formula is C12H22N4O4. The van der Waals surface area contributed by atoms with Gasteiger partial charge < -0.3 is 25.5 Å². The van der Waals surface area contributed by atoms with Crippen LogP contribution >= 0.6 is 0 Å². The molecule has 1 fully saturated rings. The standard InChI is InChI=1S/C12H22N4O4/c1-15(2)11(19)13-5-6-14-12(20)16-7-3-4-9(8-16)10(17)18/h9H,3-8H2,1-2H3,(H,13,19)(H,14,20)(H,17,18)/t9-/m0/s1. The molecule has 4 amide bonds. The SMILES string of the molecule is CN(C)C(=O)NCCNC(=O)N1CCC[C@H](C(=O)O)C1. The molecule has 0 aromatic rings. The number of carboxylic acids is 1. The second kappa shape index (κ2) is 7.56. The highest BCUT2D eigenvalue weighted by Gasteiger charge is 2.27. The molecule has 1 atom stereocenters. The van der Waals surface area contributed by atoms with Gasteiger partial charge in [0.1, 0.15) is 0 Å². The van der Waals surface area contributed by atoms with Gasteiger partial charge >= 0.3 is 18.0 Å². The van der Waals surface area contributed by atoms with Crippen LogP contribution in [-0.4, -0.2) is 73.2 Å². The molecule has 3 N–H and O–H groups in total. The van der Waals surface area contributed by atoms with Crippen LogP contribution in [0.25, 0.3) is 0 Å². The molecule has 0 saturated carbocycles. The number of nitrogens with zero attached hydrogens (tertiary/aromatic N) is 2. The van der Waals surface area contributed by atoms with Crippen LogP contribution in [0.2, 0.25) is 0 Å². The molecule has 0 radical (unpaired) electrons. The van der Waals surface area contributed by atoms with Crippen molar-refractivity contribution < 1.29 is 19.5 Å². The zero-order chi connectivity index (χ0) is 15.1. The number of hydrogen-bond acceptors (Lipinski definition) is 3. The van der Waals surface area contributed by atoms with Gasteiger partial charge in [0.25, 0.3) is 0 Å². The van der Waals surface area contributed by atoms with Crippen LogP contribution in [0.15, 0.2) is 0 Å². The predicted octanol–water partition coefficient (Wildman–Crippen LogP) is -0.236. The van der Waals surface area contributed by atoms with E-state index in [0.29, 0.717) is 32.5 Å². The third-order valence-corrected chi connectivity index (χ3v) is 3.14. The van der Waals surface area contributed by atoms with E-state index in [2.05, 4.69) is 10.6 Å². The number of likely N-dealkylation sites (tertiary alicyclic amines) is 1. The van der Waals surface area contributed by atoms with E-state index in [1.165, 1.54) is 9.80 Å². The van der Waals surface area contributed by atoms with Crippen molar-refractivity contribution in [2.24, 2.45) is 5.92 Å². The highest BCUT2D eigenvalue weighted by Crippen LogP contribution is 2.16. The Kier molecular flexibility index (Phi) is 6.08. The molecule has 0 aromatic carbocycles. The predicted molar refractivity (Wildman–Crippen MR) is 72.4 cm³/mol. The normalized spacial score (nSPS) is 18.3. The van der Waals surface area contributed by atoms with Crippen LogP contribution in [0.1, 0.15) is 12.8 Å². The summed E-state index contributed by atoms with van der Waals surface area (Å²) >= 11 is 0. The van der Waals surface area contributed by atoms with Gasteiger partial charge in [-0.25, -0.2) is 9.59 Å². The second-order valence-corrected chi connectivity index (χ2v) is 4.98. The van der Waals surface area contributed by atoms with Gasteiger partial charge in [0, 0.05) is 40.3 Å². The largest absolute Gasteiger partial charge is 0.481 e. The summed E-state index contributed by atoms with van der Waals surface area (Å²) in [6, 6.07) is -0.502. The van der Waals surface area contributed by atoms with E-state index < -0.39 is 11.9 Å². The lowest BCUT2D eigenvalue weighted by Crippen LogP contribution is -2.48. The zero-order valence-electron chi connectivity index (χ0n) is 11.9. The average Bonchev–Trinajstić information content (AvgIpc) is 2.43. The number of carboxylic acid groups (broad SMARTS) is 1. The molecule has 0 spiro atoms. The Balaban J connectivity index is 2.25. The van der Waals surface area contributed by atoms with E-state index in [4.69, 9.17) is 5.11 Å². The van der Waals surface area contributed by atoms with Crippen LogP contribution in [0.5, 0.6) is 0 Å². The van der Waals surface area contributed by atoms with Crippen LogP contribution in [0.3, 0.4) is 0 Å². The Hall–Kier alpha value is -1.99. The van der Waals surface area contributed by atoms with E-state index in [-0.39, 0.29) is 18.6 Å². The fourth-order valence-electron chi connectivity index (χ4n) is 1.97. The molecule has 0 bridgehead atoms. The number of nitrogens with one attached hydrogen (secondary N) is 2. The summed E-state index contributed by atoms with van der Waals surface area (Å²) in [6.07, 6.45) is 1.31. The number of carbonyl (C=O) groups is 3.